The summed E-state index contributed by atoms with van der Waals surface area (Å²) in [6.07, 6.45) is 11.4. The van der Waals surface area contributed by atoms with Crippen LogP contribution in [0, 0.1) is 28.0 Å². The number of aliphatic hydroxyl groups is 1. The number of aliphatic imine (C=N–C) groups is 1. The Kier molecular flexibility index (Phi) is 9.09. The van der Waals surface area contributed by atoms with E-state index in [1.807, 2.05) is 6.08 Å². The van der Waals surface area contributed by atoms with Crippen LogP contribution in [-0.4, -0.2) is 32.4 Å². The molecule has 0 heterocycles. The van der Waals surface area contributed by atoms with E-state index in [0.717, 1.165) is 54.4 Å². The maximum atomic E-state index is 13.4. The first-order chi connectivity index (χ1) is 16.6. The summed E-state index contributed by atoms with van der Waals surface area (Å²) in [5, 5.41) is 19.1. The molecule has 3 nitrogen and oxygen atoms in total. The number of nitrogens with zero attached hydrogens (tertiary/aromatic N) is 1. The van der Waals surface area contributed by atoms with Crippen LogP contribution in [0.1, 0.15) is 73.1 Å². The molecule has 1 aromatic carbocycles. The SMILES string of the molecule is C=CCC1(CO)CCC2=CC(=Nc3ccc(F)cc3)C(C=N)CC21CCC(C)[SiH](C(C)C)C(C)C. The highest BCUT2D eigenvalue weighted by Gasteiger charge is 2.58. The molecule has 35 heavy (non-hydrogen) atoms. The molecule has 0 aliphatic heterocycles. The lowest BCUT2D eigenvalue weighted by Crippen LogP contribution is -2.46. The quantitative estimate of drug-likeness (QED) is 0.182. The Labute approximate surface area is 213 Å². The van der Waals surface area contributed by atoms with E-state index in [9.17, 15) is 9.50 Å². The molecule has 1 aromatic rings. The third-order valence-electron chi connectivity index (χ3n) is 9.12. The van der Waals surface area contributed by atoms with Crippen LogP contribution in [0.25, 0.3) is 0 Å². The number of hydrogen-bond donors (Lipinski definition) is 2. The van der Waals surface area contributed by atoms with Crippen molar-refractivity contribution in [1.82, 2.24) is 0 Å². The van der Waals surface area contributed by atoms with Crippen molar-refractivity contribution in [2.24, 2.45) is 21.7 Å². The molecule has 0 saturated heterocycles. The summed E-state index contributed by atoms with van der Waals surface area (Å²) < 4.78 is 13.4. The molecule has 192 valence electrons. The van der Waals surface area contributed by atoms with Gasteiger partial charge in [0.25, 0.3) is 0 Å². The fourth-order valence-corrected chi connectivity index (χ4v) is 12.3. The average Bonchev–Trinajstić information content (AvgIpc) is 3.12. The standard InChI is InChI=1S/C30H45FN2OSi/c1-7-14-29(20-34)15-13-25-17-28(33-27-10-8-26(31)9-11-27)24(19-32)18-30(25,29)16-12-23(6)35(21(2)3)22(4)5/h7-11,17,19,21-24,32,34-35H,1,12-16,18,20H2,2-6H3. The van der Waals surface area contributed by atoms with Gasteiger partial charge < -0.3 is 10.5 Å². The highest BCUT2D eigenvalue weighted by molar-refractivity contribution is 6.63. The molecule has 0 spiro atoms. The molecule has 2 aliphatic rings. The second-order valence-corrected chi connectivity index (χ2v) is 16.7. The summed E-state index contributed by atoms with van der Waals surface area (Å²) in [5.74, 6) is -0.388. The Hall–Kier alpha value is -1.85. The van der Waals surface area contributed by atoms with Crippen LogP contribution < -0.4 is 0 Å². The van der Waals surface area contributed by atoms with Crippen molar-refractivity contribution >= 4 is 26.4 Å². The van der Waals surface area contributed by atoms with Crippen LogP contribution in [0.4, 0.5) is 10.1 Å². The van der Waals surface area contributed by atoms with Crippen molar-refractivity contribution in [1.29, 1.82) is 5.41 Å². The van der Waals surface area contributed by atoms with E-state index in [4.69, 9.17) is 10.4 Å². The Bertz CT molecular complexity index is 946. The van der Waals surface area contributed by atoms with Crippen molar-refractivity contribution < 1.29 is 9.50 Å². The lowest BCUT2D eigenvalue weighted by molar-refractivity contribution is 0.0108. The first-order valence-electron chi connectivity index (χ1n) is 13.4. The summed E-state index contributed by atoms with van der Waals surface area (Å²) in [4.78, 5) is 4.84. The van der Waals surface area contributed by atoms with Gasteiger partial charge >= 0.3 is 0 Å². The third kappa shape index (κ3) is 5.46. The van der Waals surface area contributed by atoms with Crippen LogP contribution >= 0.6 is 0 Å². The smallest absolute Gasteiger partial charge is 0.123 e. The molecule has 0 amide bonds. The predicted octanol–water partition coefficient (Wildman–Crippen LogP) is 8.05. The summed E-state index contributed by atoms with van der Waals surface area (Å²) in [5.41, 5.74) is 4.88. The minimum Gasteiger partial charge on any atom is -0.396 e. The molecule has 2 aliphatic carbocycles. The molecule has 1 fully saturated rings. The highest BCUT2D eigenvalue weighted by Crippen LogP contribution is 2.65. The second-order valence-electron chi connectivity index (χ2n) is 11.8. The van der Waals surface area contributed by atoms with Gasteiger partial charge in [0.15, 0.2) is 0 Å². The Balaban J connectivity index is 2.03. The van der Waals surface area contributed by atoms with Gasteiger partial charge in [-0.1, -0.05) is 69.3 Å². The fraction of sp³-hybridized carbons (Fsp3) is 0.600. The van der Waals surface area contributed by atoms with Gasteiger partial charge in [0.2, 0.25) is 0 Å². The van der Waals surface area contributed by atoms with Crippen LogP contribution in [0.3, 0.4) is 0 Å². The lowest BCUT2D eigenvalue weighted by Gasteiger charge is -2.50. The Morgan fingerprint density at radius 3 is 2.40 bits per heavy atom. The minimum absolute atomic E-state index is 0.115. The van der Waals surface area contributed by atoms with E-state index in [-0.39, 0.29) is 29.2 Å². The molecule has 3 rings (SSSR count). The van der Waals surface area contributed by atoms with Crippen LogP contribution in [0.5, 0.6) is 0 Å². The molecule has 0 aromatic heterocycles. The second kappa shape index (κ2) is 11.5. The number of aliphatic hydroxyl groups excluding tert-OH is 1. The molecule has 4 atom stereocenters. The Morgan fingerprint density at radius 1 is 1.20 bits per heavy atom. The van der Waals surface area contributed by atoms with Crippen molar-refractivity contribution in [3.8, 4) is 0 Å². The molecule has 4 unspecified atom stereocenters. The maximum Gasteiger partial charge on any atom is 0.123 e. The molecular formula is C30H45FN2OSi. The van der Waals surface area contributed by atoms with Crippen LogP contribution in [0.15, 0.2) is 53.6 Å². The predicted molar refractivity (Wildman–Crippen MR) is 150 cm³/mol. The van der Waals surface area contributed by atoms with Crippen molar-refractivity contribution in [3.05, 3.63) is 54.4 Å². The molecule has 0 bridgehead atoms. The molecule has 0 radical (unpaired) electrons. The van der Waals surface area contributed by atoms with Gasteiger partial charge in [-0.2, -0.15) is 0 Å². The number of nitrogens with one attached hydrogen (secondary N) is 1. The summed E-state index contributed by atoms with van der Waals surface area (Å²) in [6, 6.07) is 6.25. The van der Waals surface area contributed by atoms with Gasteiger partial charge in [0.05, 0.1) is 5.69 Å². The molecule has 5 heteroatoms. The number of rotatable bonds is 11. The Morgan fingerprint density at radius 2 is 1.86 bits per heavy atom. The molecule has 2 N–H and O–H groups in total. The minimum atomic E-state index is -0.944. The van der Waals surface area contributed by atoms with E-state index in [0.29, 0.717) is 5.69 Å². The largest absolute Gasteiger partial charge is 0.396 e. The monoisotopic (exact) mass is 496 g/mol. The number of fused-ring (bicyclic) bond motifs is 1. The first-order valence-corrected chi connectivity index (χ1v) is 15.4. The van der Waals surface area contributed by atoms with Gasteiger partial charge in [-0.25, -0.2) is 4.39 Å². The number of benzene rings is 1. The van der Waals surface area contributed by atoms with Crippen LogP contribution in [0.2, 0.25) is 16.6 Å². The van der Waals surface area contributed by atoms with E-state index in [2.05, 4.69) is 47.3 Å². The zero-order valence-corrected chi connectivity index (χ0v) is 23.5. The van der Waals surface area contributed by atoms with Gasteiger partial charge in [-0.3, -0.25) is 4.99 Å². The lowest BCUT2D eigenvalue weighted by atomic mass is 9.55. The van der Waals surface area contributed by atoms with Gasteiger partial charge in [-0.05, 0) is 62.4 Å². The number of halogens is 1. The van der Waals surface area contributed by atoms with Gasteiger partial charge in [-0.15, -0.1) is 6.58 Å². The maximum absolute atomic E-state index is 13.4. The van der Waals surface area contributed by atoms with Crippen molar-refractivity contribution in [2.45, 2.75) is 89.8 Å². The molecule has 1 saturated carbocycles. The first kappa shape index (κ1) is 27.7. The topological polar surface area (TPSA) is 56.4 Å². The summed E-state index contributed by atoms with van der Waals surface area (Å²) in [6.45, 7) is 16.2. The zero-order valence-electron chi connectivity index (χ0n) is 22.4. The van der Waals surface area contributed by atoms with E-state index in [1.54, 1.807) is 12.1 Å². The van der Waals surface area contributed by atoms with Crippen molar-refractivity contribution in [3.63, 3.8) is 0 Å². The fourth-order valence-electron chi connectivity index (χ4n) is 7.59. The number of allylic oxidation sites excluding steroid dienone is 3. The van der Waals surface area contributed by atoms with Crippen LogP contribution in [-0.2, 0) is 0 Å². The average molecular weight is 497 g/mol. The zero-order chi connectivity index (χ0) is 25.8. The highest BCUT2D eigenvalue weighted by atomic mass is 28.3. The summed E-state index contributed by atoms with van der Waals surface area (Å²) >= 11 is 0. The normalized spacial score (nSPS) is 28.5. The molecular weight excluding hydrogens is 451 g/mol. The van der Waals surface area contributed by atoms with E-state index < -0.39 is 8.80 Å². The number of hydrogen-bond acceptors (Lipinski definition) is 3. The third-order valence-corrected chi connectivity index (χ3v) is 13.8. The van der Waals surface area contributed by atoms with E-state index in [1.165, 1.54) is 30.3 Å². The van der Waals surface area contributed by atoms with Gasteiger partial charge in [0, 0.05) is 44.1 Å². The van der Waals surface area contributed by atoms with Crippen molar-refractivity contribution in [2.75, 3.05) is 6.61 Å². The van der Waals surface area contributed by atoms with E-state index >= 15 is 0 Å². The summed E-state index contributed by atoms with van der Waals surface area (Å²) in [7, 11) is -0.944. The van der Waals surface area contributed by atoms with Gasteiger partial charge in [0.1, 0.15) is 5.82 Å².